The molecule has 2 saturated carbocycles. The molecule has 3 fully saturated rings. The molecule has 1 aromatic carbocycles. The maximum absolute atomic E-state index is 12.8. The molecule has 6 heteroatoms. The van der Waals surface area contributed by atoms with Gasteiger partial charge < -0.3 is 9.84 Å². The normalized spacial score (nSPS) is 39.0. The van der Waals surface area contributed by atoms with Gasteiger partial charge in [-0.1, -0.05) is 6.92 Å². The fourth-order valence-electron chi connectivity index (χ4n) is 7.40. The highest BCUT2D eigenvalue weighted by Gasteiger charge is 2.65. The zero-order valence-electron chi connectivity index (χ0n) is 18.1. The number of phenolic OH excluding ortho intramolecular Hbond substituents is 1. The van der Waals surface area contributed by atoms with E-state index in [1.807, 2.05) is 13.8 Å². The van der Waals surface area contributed by atoms with E-state index in [4.69, 9.17) is 4.74 Å². The van der Waals surface area contributed by atoms with Gasteiger partial charge in [0.1, 0.15) is 5.60 Å². The van der Waals surface area contributed by atoms with Crippen molar-refractivity contribution in [2.75, 3.05) is 0 Å². The molecule has 0 radical (unpaired) electrons. The van der Waals surface area contributed by atoms with Crippen LogP contribution in [0.2, 0.25) is 0 Å². The fraction of sp³-hybridized carbons (Fsp3) is 0.708. The van der Waals surface area contributed by atoms with Crippen molar-refractivity contribution in [2.45, 2.75) is 83.7 Å². The van der Waals surface area contributed by atoms with Gasteiger partial charge in [0.15, 0.2) is 5.75 Å². The fourth-order valence-corrected chi connectivity index (χ4v) is 7.40. The van der Waals surface area contributed by atoms with Crippen molar-refractivity contribution in [3.63, 3.8) is 0 Å². The lowest BCUT2D eigenvalue weighted by Crippen LogP contribution is -2.56. The first-order chi connectivity index (χ1) is 14.1. The summed E-state index contributed by atoms with van der Waals surface area (Å²) in [5, 5.41) is 21.5. The maximum Gasteiger partial charge on any atom is 0.312 e. The number of esters is 1. The summed E-state index contributed by atoms with van der Waals surface area (Å²) < 4.78 is 6.28. The summed E-state index contributed by atoms with van der Waals surface area (Å²) in [5.74, 6) is 0.920. The number of carbonyl (C=O) groups is 1. The van der Waals surface area contributed by atoms with E-state index < -0.39 is 10.3 Å². The van der Waals surface area contributed by atoms with E-state index in [1.54, 1.807) is 12.1 Å². The number of benzene rings is 1. The van der Waals surface area contributed by atoms with E-state index in [9.17, 15) is 20.0 Å². The summed E-state index contributed by atoms with van der Waals surface area (Å²) in [7, 11) is 0. The number of phenols is 1. The molecular formula is C24H31NO5. The third kappa shape index (κ3) is 2.51. The highest BCUT2D eigenvalue weighted by atomic mass is 16.6. The molecule has 1 saturated heterocycles. The smallest absolute Gasteiger partial charge is 0.312 e. The molecule has 5 rings (SSSR count). The second-order valence-corrected chi connectivity index (χ2v) is 11.0. The Hall–Kier alpha value is -2.11. The predicted octanol–water partition coefficient (Wildman–Crippen LogP) is 5.26. The third-order valence-electron chi connectivity index (χ3n) is 9.30. The molecule has 1 aromatic rings. The van der Waals surface area contributed by atoms with E-state index in [1.165, 1.54) is 0 Å². The van der Waals surface area contributed by atoms with Crippen LogP contribution in [0.25, 0.3) is 0 Å². The Bertz CT molecular complexity index is 940. The van der Waals surface area contributed by atoms with Crippen LogP contribution < -0.4 is 0 Å². The molecule has 3 aliphatic carbocycles. The van der Waals surface area contributed by atoms with Gasteiger partial charge >= 0.3 is 11.7 Å². The van der Waals surface area contributed by atoms with Crippen LogP contribution in [0.5, 0.6) is 5.75 Å². The largest absolute Gasteiger partial charge is 0.502 e. The number of nitro benzene ring substituents is 1. The van der Waals surface area contributed by atoms with Crippen molar-refractivity contribution >= 4 is 11.7 Å². The lowest BCUT2D eigenvalue weighted by molar-refractivity contribution is -0.386. The van der Waals surface area contributed by atoms with E-state index in [0.29, 0.717) is 11.8 Å². The average Bonchev–Trinajstić information content (AvgIpc) is 2.97. The number of aromatic hydroxyl groups is 1. The number of ether oxygens (including phenoxy) is 1. The van der Waals surface area contributed by atoms with Crippen LogP contribution in [0.1, 0.15) is 82.8 Å². The molecule has 4 unspecified atom stereocenters. The lowest BCUT2D eigenvalue weighted by atomic mass is 9.52. The molecule has 1 N–H and O–H groups in total. The SMILES string of the molecule is CC1(C)CC[C@@]2(CCC3C4CCc5cc(O)c([N+](=O)[O-])cc5C4CCC32C)OC1=O. The molecule has 4 aliphatic rings. The number of fused-ring (bicyclic) bond motifs is 6. The highest BCUT2D eigenvalue weighted by Crippen LogP contribution is 2.67. The molecule has 1 aliphatic heterocycles. The van der Waals surface area contributed by atoms with Gasteiger partial charge in [-0.05, 0) is 100 Å². The van der Waals surface area contributed by atoms with Crippen LogP contribution >= 0.6 is 0 Å². The minimum atomic E-state index is -0.486. The first-order valence-corrected chi connectivity index (χ1v) is 11.3. The highest BCUT2D eigenvalue weighted by molar-refractivity contribution is 5.77. The predicted molar refractivity (Wildman–Crippen MR) is 111 cm³/mol. The molecule has 0 amide bonds. The van der Waals surface area contributed by atoms with Crippen molar-refractivity contribution in [2.24, 2.45) is 22.7 Å². The van der Waals surface area contributed by atoms with E-state index in [2.05, 4.69) is 6.92 Å². The van der Waals surface area contributed by atoms with E-state index >= 15 is 0 Å². The van der Waals surface area contributed by atoms with Crippen LogP contribution in [0.15, 0.2) is 12.1 Å². The zero-order chi connectivity index (χ0) is 21.5. The van der Waals surface area contributed by atoms with Gasteiger partial charge in [0.05, 0.1) is 10.3 Å². The van der Waals surface area contributed by atoms with E-state index in [-0.39, 0.29) is 34.3 Å². The van der Waals surface area contributed by atoms with Crippen LogP contribution in [0.3, 0.4) is 0 Å². The number of carbonyl (C=O) groups excluding carboxylic acids is 1. The molecule has 0 bridgehead atoms. The van der Waals surface area contributed by atoms with Crippen molar-refractivity contribution in [3.8, 4) is 5.75 Å². The Morgan fingerprint density at radius 3 is 2.57 bits per heavy atom. The van der Waals surface area contributed by atoms with Crippen LogP contribution in [-0.2, 0) is 16.0 Å². The molecule has 162 valence electrons. The lowest BCUT2D eigenvalue weighted by Gasteiger charge is -2.56. The first-order valence-electron chi connectivity index (χ1n) is 11.3. The summed E-state index contributed by atoms with van der Waals surface area (Å²) in [4.78, 5) is 23.7. The van der Waals surface area contributed by atoms with Crippen molar-refractivity contribution in [1.29, 1.82) is 0 Å². The monoisotopic (exact) mass is 413 g/mol. The molecule has 5 atom stereocenters. The molecular weight excluding hydrogens is 382 g/mol. The van der Waals surface area contributed by atoms with Crippen LogP contribution in [-0.4, -0.2) is 21.6 Å². The number of hydrogen-bond donors (Lipinski definition) is 1. The van der Waals surface area contributed by atoms with Gasteiger partial charge in [-0.25, -0.2) is 0 Å². The second kappa shape index (κ2) is 6.21. The van der Waals surface area contributed by atoms with Gasteiger partial charge in [-0.2, -0.15) is 0 Å². The number of aryl methyl sites for hydroxylation is 1. The second-order valence-electron chi connectivity index (χ2n) is 11.0. The summed E-state index contributed by atoms with van der Waals surface area (Å²) in [6.45, 7) is 6.30. The Morgan fingerprint density at radius 1 is 1.10 bits per heavy atom. The standard InChI is InChI=1S/C24H31NO5/c1-22(2)10-11-24(30-21(22)27)9-7-18-16-5-4-14-12-20(26)19(25(28)29)13-17(14)15(16)6-8-23(18,24)3/h12-13,15-16,18,26H,4-11H2,1-3H3/t15?,16?,18?,23?,24-/m1/s1. The minimum Gasteiger partial charge on any atom is -0.502 e. The summed E-state index contributed by atoms with van der Waals surface area (Å²) in [6, 6.07) is 3.23. The zero-order valence-corrected chi connectivity index (χ0v) is 18.1. The van der Waals surface area contributed by atoms with E-state index in [0.717, 1.165) is 62.5 Å². The topological polar surface area (TPSA) is 89.7 Å². The molecule has 1 heterocycles. The first kappa shape index (κ1) is 19.8. The minimum absolute atomic E-state index is 0.0271. The Morgan fingerprint density at radius 2 is 1.87 bits per heavy atom. The molecule has 1 spiro atoms. The van der Waals surface area contributed by atoms with Crippen LogP contribution in [0.4, 0.5) is 5.69 Å². The summed E-state index contributed by atoms with van der Waals surface area (Å²) >= 11 is 0. The van der Waals surface area contributed by atoms with Crippen molar-refractivity contribution < 1.29 is 19.6 Å². The van der Waals surface area contributed by atoms with Crippen molar-refractivity contribution in [3.05, 3.63) is 33.4 Å². The van der Waals surface area contributed by atoms with Gasteiger partial charge in [0.25, 0.3) is 0 Å². The molecule has 0 aromatic heterocycles. The Balaban J connectivity index is 1.48. The molecule has 6 nitrogen and oxygen atoms in total. The number of nitrogens with zero attached hydrogens (tertiary/aromatic N) is 1. The van der Waals surface area contributed by atoms with Gasteiger partial charge in [0, 0.05) is 11.5 Å². The number of rotatable bonds is 1. The van der Waals surface area contributed by atoms with Gasteiger partial charge in [-0.3, -0.25) is 14.9 Å². The van der Waals surface area contributed by atoms with Gasteiger partial charge in [-0.15, -0.1) is 0 Å². The number of hydrogen-bond acceptors (Lipinski definition) is 5. The van der Waals surface area contributed by atoms with Gasteiger partial charge in [0.2, 0.25) is 0 Å². The summed E-state index contributed by atoms with van der Waals surface area (Å²) in [6.07, 6.45) is 7.60. The summed E-state index contributed by atoms with van der Waals surface area (Å²) in [5.41, 5.74) is 1.15. The van der Waals surface area contributed by atoms with Crippen LogP contribution in [0, 0.1) is 32.8 Å². The Labute approximate surface area is 177 Å². The maximum atomic E-state index is 12.8. The number of nitro groups is 1. The Kier molecular flexibility index (Phi) is 4.10. The van der Waals surface area contributed by atoms with Crippen molar-refractivity contribution in [1.82, 2.24) is 0 Å². The quantitative estimate of drug-likeness (QED) is 0.385. The third-order valence-corrected chi connectivity index (χ3v) is 9.30. The average molecular weight is 414 g/mol. The molecule has 30 heavy (non-hydrogen) atoms.